The maximum absolute atomic E-state index is 13.7. The molecule has 0 atom stereocenters. The molecule has 2 saturated carbocycles. The monoisotopic (exact) mass is 302 g/mol. The average molecular weight is 302 g/mol. The maximum atomic E-state index is 13.7. The van der Waals surface area contributed by atoms with Crippen LogP contribution in [0.25, 0.3) is 0 Å². The van der Waals surface area contributed by atoms with E-state index in [1.807, 2.05) is 13.0 Å². The number of halogens is 1. The van der Waals surface area contributed by atoms with Crippen LogP contribution in [0.3, 0.4) is 0 Å². The van der Waals surface area contributed by atoms with E-state index in [0.717, 1.165) is 35.7 Å². The van der Waals surface area contributed by atoms with Crippen LogP contribution in [0.1, 0.15) is 69.4 Å². The molecule has 2 aliphatic carbocycles. The van der Waals surface area contributed by atoms with Crippen molar-refractivity contribution in [2.45, 2.75) is 71.6 Å². The van der Waals surface area contributed by atoms with E-state index in [0.29, 0.717) is 0 Å². The molecule has 122 valence electrons. The van der Waals surface area contributed by atoms with Gasteiger partial charge in [0.25, 0.3) is 0 Å². The van der Waals surface area contributed by atoms with Gasteiger partial charge in [0.15, 0.2) is 0 Å². The molecule has 1 aromatic carbocycles. The summed E-state index contributed by atoms with van der Waals surface area (Å²) in [6.07, 6.45) is 12.5. The molecule has 3 rings (SSSR count). The molecular weight excluding hydrogens is 271 g/mol. The third-order valence-electron chi connectivity index (χ3n) is 6.38. The molecule has 0 radical (unpaired) electrons. The van der Waals surface area contributed by atoms with E-state index in [4.69, 9.17) is 0 Å². The first-order chi connectivity index (χ1) is 10.6. The van der Waals surface area contributed by atoms with Gasteiger partial charge in [0, 0.05) is 0 Å². The number of rotatable bonds is 3. The minimum atomic E-state index is -0.0393. The van der Waals surface area contributed by atoms with Crippen molar-refractivity contribution in [3.63, 3.8) is 0 Å². The molecule has 0 amide bonds. The fraction of sp³-hybridized carbons (Fsp3) is 0.714. The fourth-order valence-corrected chi connectivity index (χ4v) is 4.72. The minimum Gasteiger partial charge on any atom is -0.207 e. The van der Waals surface area contributed by atoms with Gasteiger partial charge >= 0.3 is 0 Å². The van der Waals surface area contributed by atoms with E-state index in [2.05, 4.69) is 13.0 Å². The predicted molar refractivity (Wildman–Crippen MR) is 91.4 cm³/mol. The zero-order valence-electron chi connectivity index (χ0n) is 14.3. The van der Waals surface area contributed by atoms with Crippen molar-refractivity contribution in [2.75, 3.05) is 0 Å². The van der Waals surface area contributed by atoms with Gasteiger partial charge in [-0.2, -0.15) is 0 Å². The van der Waals surface area contributed by atoms with E-state index in [1.165, 1.54) is 56.9 Å². The van der Waals surface area contributed by atoms with E-state index in [9.17, 15) is 4.39 Å². The summed E-state index contributed by atoms with van der Waals surface area (Å²) in [6.45, 7) is 4.25. The van der Waals surface area contributed by atoms with Crippen LogP contribution in [0.5, 0.6) is 0 Å². The van der Waals surface area contributed by atoms with Gasteiger partial charge in [-0.3, -0.25) is 0 Å². The zero-order valence-corrected chi connectivity index (χ0v) is 14.3. The van der Waals surface area contributed by atoms with Crippen LogP contribution in [0, 0.1) is 36.4 Å². The van der Waals surface area contributed by atoms with Gasteiger partial charge in [0.1, 0.15) is 5.82 Å². The Morgan fingerprint density at radius 2 is 1.50 bits per heavy atom. The van der Waals surface area contributed by atoms with Crippen molar-refractivity contribution in [1.82, 2.24) is 0 Å². The molecule has 2 fully saturated rings. The third kappa shape index (κ3) is 3.91. The van der Waals surface area contributed by atoms with Crippen molar-refractivity contribution >= 4 is 0 Å². The van der Waals surface area contributed by atoms with Gasteiger partial charge in [-0.15, -0.1) is 0 Å². The summed E-state index contributed by atoms with van der Waals surface area (Å²) in [7, 11) is 0. The lowest BCUT2D eigenvalue weighted by Gasteiger charge is -2.37. The summed E-state index contributed by atoms with van der Waals surface area (Å²) < 4.78 is 13.7. The van der Waals surface area contributed by atoms with Crippen LogP contribution in [-0.4, -0.2) is 0 Å². The molecule has 0 aliphatic heterocycles. The van der Waals surface area contributed by atoms with E-state index in [1.54, 1.807) is 6.07 Å². The standard InChI is InChI=1S/C21H31F/c1-15-3-9-19(10-4-15)20-11-7-17(8-12-20)13-18-6-5-16(2)21(22)14-18/h5-6,14-15,17,19-20H,3-4,7-13H2,1-2H3. The lowest BCUT2D eigenvalue weighted by atomic mass is 9.69. The highest BCUT2D eigenvalue weighted by Crippen LogP contribution is 2.41. The molecule has 22 heavy (non-hydrogen) atoms. The number of aryl methyl sites for hydroxylation is 1. The Balaban J connectivity index is 1.48. The van der Waals surface area contributed by atoms with Crippen molar-refractivity contribution in [3.8, 4) is 0 Å². The molecule has 0 spiro atoms. The molecule has 0 aromatic heterocycles. The van der Waals surface area contributed by atoms with E-state index in [-0.39, 0.29) is 5.82 Å². The van der Waals surface area contributed by atoms with Crippen LogP contribution in [0.15, 0.2) is 18.2 Å². The first kappa shape index (κ1) is 16.0. The molecule has 1 aromatic rings. The van der Waals surface area contributed by atoms with Gasteiger partial charge in [-0.25, -0.2) is 4.39 Å². The quantitative estimate of drug-likeness (QED) is 0.614. The van der Waals surface area contributed by atoms with Gasteiger partial charge < -0.3 is 0 Å². The average Bonchev–Trinajstić information content (AvgIpc) is 2.53. The molecule has 0 heterocycles. The summed E-state index contributed by atoms with van der Waals surface area (Å²) >= 11 is 0. The molecule has 1 heteroatoms. The highest BCUT2D eigenvalue weighted by molar-refractivity contribution is 5.23. The van der Waals surface area contributed by atoms with Crippen LogP contribution in [0.2, 0.25) is 0 Å². The predicted octanol–water partition coefficient (Wildman–Crippen LogP) is 6.31. The molecule has 0 N–H and O–H groups in total. The Morgan fingerprint density at radius 1 is 0.909 bits per heavy atom. The Hall–Kier alpha value is -0.850. The number of benzene rings is 1. The van der Waals surface area contributed by atoms with Crippen LogP contribution >= 0.6 is 0 Å². The summed E-state index contributed by atoms with van der Waals surface area (Å²) in [5.74, 6) is 3.69. The topological polar surface area (TPSA) is 0 Å². The molecule has 0 bridgehead atoms. The van der Waals surface area contributed by atoms with Crippen molar-refractivity contribution in [3.05, 3.63) is 35.1 Å². The van der Waals surface area contributed by atoms with Crippen molar-refractivity contribution in [1.29, 1.82) is 0 Å². The maximum Gasteiger partial charge on any atom is 0.126 e. The summed E-state index contributed by atoms with van der Waals surface area (Å²) in [5.41, 5.74) is 1.96. The molecule has 0 nitrogen and oxygen atoms in total. The molecule has 2 aliphatic rings. The normalized spacial score (nSPS) is 32.9. The Bertz CT molecular complexity index is 477. The van der Waals surface area contributed by atoms with E-state index < -0.39 is 0 Å². The highest BCUT2D eigenvalue weighted by Gasteiger charge is 2.29. The minimum absolute atomic E-state index is 0.0393. The number of hydrogen-bond acceptors (Lipinski definition) is 0. The van der Waals surface area contributed by atoms with Gasteiger partial charge in [0.2, 0.25) is 0 Å². The lowest BCUT2D eigenvalue weighted by molar-refractivity contribution is 0.150. The van der Waals surface area contributed by atoms with Crippen molar-refractivity contribution in [2.24, 2.45) is 23.7 Å². The second-order valence-electron chi connectivity index (χ2n) is 8.09. The van der Waals surface area contributed by atoms with Gasteiger partial charge in [-0.1, -0.05) is 31.9 Å². The summed E-state index contributed by atoms with van der Waals surface area (Å²) in [5, 5.41) is 0. The summed E-state index contributed by atoms with van der Waals surface area (Å²) in [6, 6.07) is 5.80. The summed E-state index contributed by atoms with van der Waals surface area (Å²) in [4.78, 5) is 0. The molecule has 0 saturated heterocycles. The SMILES string of the molecule is Cc1ccc(CC2CCC(C3CCC(C)CC3)CC2)cc1F. The van der Waals surface area contributed by atoms with Gasteiger partial charge in [-0.05, 0) is 92.7 Å². The second-order valence-corrected chi connectivity index (χ2v) is 8.09. The van der Waals surface area contributed by atoms with Gasteiger partial charge in [0.05, 0.1) is 0 Å². The van der Waals surface area contributed by atoms with Crippen LogP contribution < -0.4 is 0 Å². The Morgan fingerprint density at radius 3 is 2.09 bits per heavy atom. The first-order valence-corrected chi connectivity index (χ1v) is 9.37. The lowest BCUT2D eigenvalue weighted by Crippen LogP contribution is -2.25. The molecular formula is C21H31F. The van der Waals surface area contributed by atoms with Crippen LogP contribution in [-0.2, 0) is 6.42 Å². The Kier molecular flexibility index (Phi) is 5.21. The third-order valence-corrected chi connectivity index (χ3v) is 6.38. The highest BCUT2D eigenvalue weighted by atomic mass is 19.1. The first-order valence-electron chi connectivity index (χ1n) is 9.37. The second kappa shape index (κ2) is 7.15. The smallest absolute Gasteiger partial charge is 0.126 e. The zero-order chi connectivity index (χ0) is 15.5. The number of hydrogen-bond donors (Lipinski definition) is 0. The fourth-order valence-electron chi connectivity index (χ4n) is 4.72. The van der Waals surface area contributed by atoms with Crippen LogP contribution in [0.4, 0.5) is 4.39 Å². The van der Waals surface area contributed by atoms with Crippen molar-refractivity contribution < 1.29 is 4.39 Å². The largest absolute Gasteiger partial charge is 0.207 e. The van der Waals surface area contributed by atoms with E-state index >= 15 is 0 Å². The Labute approximate surface area is 135 Å². The molecule has 0 unspecified atom stereocenters.